The maximum Gasteiger partial charge on any atom is 0.248 e. The minimum Gasteiger partial charge on any atom is -0.311 e. The van der Waals surface area contributed by atoms with E-state index in [2.05, 4.69) is 33.4 Å². The molecule has 0 spiro atoms. The lowest BCUT2D eigenvalue weighted by atomic mass is 10.3. The second kappa shape index (κ2) is 6.04. The Bertz CT molecular complexity index is 209. The summed E-state index contributed by atoms with van der Waals surface area (Å²) in [4.78, 5) is 11.4. The van der Waals surface area contributed by atoms with Gasteiger partial charge < -0.3 is 9.80 Å². The van der Waals surface area contributed by atoms with Gasteiger partial charge >= 0.3 is 0 Å². The molecule has 0 rings (SSSR count). The van der Waals surface area contributed by atoms with E-state index < -0.39 is 0 Å². The zero-order chi connectivity index (χ0) is 11.2. The molecule has 0 heterocycles. The fourth-order valence-electron chi connectivity index (χ4n) is 1.21. The van der Waals surface area contributed by atoms with E-state index in [1.165, 1.54) is 6.08 Å². The number of carbonyl (C=O) groups excluding carboxylic acids is 1. The number of hydrogen-bond donors (Lipinski definition) is 1. The predicted octanol–water partition coefficient (Wildman–Crippen LogP) is 1.34. The second-order valence-corrected chi connectivity index (χ2v) is 4.41. The smallest absolute Gasteiger partial charge is 0.248 e. The van der Waals surface area contributed by atoms with Crippen LogP contribution < -0.4 is 5.32 Å². The first-order chi connectivity index (χ1) is 6.41. The zero-order valence-corrected chi connectivity index (χ0v) is 10.1. The summed E-state index contributed by atoms with van der Waals surface area (Å²) < 4.78 is 0.719. The second-order valence-electron chi connectivity index (χ2n) is 4.11. The van der Waals surface area contributed by atoms with Crippen LogP contribution in [0.3, 0.4) is 0 Å². The Morgan fingerprint density at radius 3 is 2.43 bits per heavy atom. The third-order valence-corrected chi connectivity index (χ3v) is 2.17. The van der Waals surface area contributed by atoms with Gasteiger partial charge in [-0.1, -0.05) is 13.0 Å². The van der Waals surface area contributed by atoms with Crippen molar-refractivity contribution in [1.82, 2.24) is 5.32 Å². The van der Waals surface area contributed by atoms with Gasteiger partial charge in [0.1, 0.15) is 0 Å². The van der Waals surface area contributed by atoms with E-state index in [0.717, 1.165) is 10.9 Å². The van der Waals surface area contributed by atoms with Crippen molar-refractivity contribution in [3.8, 4) is 0 Å². The number of alkyl halides is 1. The Morgan fingerprint density at radius 1 is 1.50 bits per heavy atom. The van der Waals surface area contributed by atoms with Gasteiger partial charge in [0, 0.05) is 18.4 Å². The monoisotopic (exact) mass is 219 g/mol. The lowest BCUT2D eigenvalue weighted by molar-refractivity contribution is -0.898. The van der Waals surface area contributed by atoms with Crippen molar-refractivity contribution >= 4 is 17.5 Å². The fourth-order valence-corrected chi connectivity index (χ4v) is 1.30. The van der Waals surface area contributed by atoms with Crippen molar-refractivity contribution in [2.75, 3.05) is 27.0 Å². The van der Waals surface area contributed by atoms with E-state index in [0.29, 0.717) is 5.88 Å². The largest absolute Gasteiger partial charge is 0.311 e. The molecule has 3 nitrogen and oxygen atoms in total. The zero-order valence-electron chi connectivity index (χ0n) is 9.38. The van der Waals surface area contributed by atoms with Gasteiger partial charge in [0.2, 0.25) is 5.91 Å². The molecule has 1 N–H and O–H groups in total. The number of amides is 1. The highest BCUT2D eigenvalue weighted by Crippen LogP contribution is 2.03. The van der Waals surface area contributed by atoms with Crippen LogP contribution in [-0.2, 0) is 4.79 Å². The molecule has 0 aromatic heterocycles. The predicted molar refractivity (Wildman–Crippen MR) is 60.1 cm³/mol. The summed E-state index contributed by atoms with van der Waals surface area (Å²) in [5.74, 6) is 0.291. The van der Waals surface area contributed by atoms with Crippen molar-refractivity contribution < 1.29 is 9.28 Å². The standard InChI is InChI=1S/C10H19ClN2O/c1-5-9(13(2,3)4)12-10(14)7-6-8-11/h6-7,9H,5,8H2,1-4H3/p+1/b7-6+. The highest BCUT2D eigenvalue weighted by molar-refractivity contribution is 6.19. The molecule has 0 aliphatic rings. The van der Waals surface area contributed by atoms with Crippen LogP contribution in [0.1, 0.15) is 13.3 Å². The van der Waals surface area contributed by atoms with E-state index in [1.54, 1.807) is 6.08 Å². The minimum absolute atomic E-state index is 0.0782. The topological polar surface area (TPSA) is 29.1 Å². The molecule has 4 heteroatoms. The summed E-state index contributed by atoms with van der Waals surface area (Å²) in [5, 5.41) is 2.93. The van der Waals surface area contributed by atoms with E-state index in [1.807, 2.05) is 0 Å². The van der Waals surface area contributed by atoms with Crippen LogP contribution >= 0.6 is 11.6 Å². The molecule has 0 saturated heterocycles. The molecule has 0 aliphatic carbocycles. The molecule has 1 amide bonds. The summed E-state index contributed by atoms with van der Waals surface area (Å²) in [6, 6.07) is 0. The number of halogens is 1. The first kappa shape index (κ1) is 13.5. The minimum atomic E-state index is -0.0782. The average Bonchev–Trinajstić information content (AvgIpc) is 2.08. The lowest BCUT2D eigenvalue weighted by Gasteiger charge is -2.33. The van der Waals surface area contributed by atoms with Gasteiger partial charge in [-0.15, -0.1) is 11.6 Å². The molecular weight excluding hydrogens is 200 g/mol. The average molecular weight is 220 g/mol. The molecular formula is C10H20ClN2O+. The first-order valence-corrected chi connectivity index (χ1v) is 5.29. The third-order valence-electron chi connectivity index (χ3n) is 1.99. The number of allylic oxidation sites excluding steroid dienone is 1. The van der Waals surface area contributed by atoms with Crippen LogP contribution in [-0.4, -0.2) is 43.6 Å². The van der Waals surface area contributed by atoms with Crippen molar-refractivity contribution in [2.45, 2.75) is 19.5 Å². The summed E-state index contributed by atoms with van der Waals surface area (Å²) in [6.07, 6.45) is 4.16. The SMILES string of the molecule is CCC(NC(=O)/C=C/CCl)[N+](C)(C)C. The van der Waals surface area contributed by atoms with Crippen LogP contribution in [0.15, 0.2) is 12.2 Å². The number of quaternary nitrogens is 1. The highest BCUT2D eigenvalue weighted by atomic mass is 35.5. The van der Waals surface area contributed by atoms with Crippen molar-refractivity contribution in [1.29, 1.82) is 0 Å². The summed E-state index contributed by atoms with van der Waals surface area (Å²) in [5.41, 5.74) is 0. The molecule has 0 bridgehead atoms. The van der Waals surface area contributed by atoms with Gasteiger partial charge in [-0.3, -0.25) is 4.79 Å². The van der Waals surface area contributed by atoms with Crippen molar-refractivity contribution in [3.63, 3.8) is 0 Å². The third kappa shape index (κ3) is 5.25. The Labute approximate surface area is 91.3 Å². The van der Waals surface area contributed by atoms with Crippen LogP contribution in [0.4, 0.5) is 0 Å². The van der Waals surface area contributed by atoms with Gasteiger partial charge in [-0.05, 0) is 0 Å². The Balaban J connectivity index is 4.19. The van der Waals surface area contributed by atoms with Gasteiger partial charge in [-0.2, -0.15) is 0 Å². The number of nitrogens with one attached hydrogen (secondary N) is 1. The quantitative estimate of drug-likeness (QED) is 0.322. The normalized spacial score (nSPS) is 14.4. The van der Waals surface area contributed by atoms with Gasteiger partial charge in [-0.25, -0.2) is 0 Å². The van der Waals surface area contributed by atoms with Gasteiger partial charge in [0.05, 0.1) is 21.1 Å². The van der Waals surface area contributed by atoms with E-state index in [-0.39, 0.29) is 12.1 Å². The molecule has 0 aliphatic heterocycles. The molecule has 82 valence electrons. The Morgan fingerprint density at radius 2 is 2.07 bits per heavy atom. The maximum atomic E-state index is 11.4. The molecule has 0 saturated carbocycles. The molecule has 0 fully saturated rings. The van der Waals surface area contributed by atoms with Gasteiger partial charge in [0.25, 0.3) is 0 Å². The first-order valence-electron chi connectivity index (χ1n) is 4.76. The molecule has 1 atom stereocenters. The Hall–Kier alpha value is -0.540. The van der Waals surface area contributed by atoms with Crippen molar-refractivity contribution in [3.05, 3.63) is 12.2 Å². The van der Waals surface area contributed by atoms with E-state index in [4.69, 9.17) is 11.6 Å². The molecule has 0 aromatic rings. The fraction of sp³-hybridized carbons (Fsp3) is 0.700. The molecule has 0 radical (unpaired) electrons. The van der Waals surface area contributed by atoms with Crippen LogP contribution in [0.5, 0.6) is 0 Å². The maximum absolute atomic E-state index is 11.4. The van der Waals surface area contributed by atoms with Crippen LogP contribution in [0.2, 0.25) is 0 Å². The molecule has 0 aromatic carbocycles. The Kier molecular flexibility index (Phi) is 5.81. The summed E-state index contributed by atoms with van der Waals surface area (Å²) in [7, 11) is 6.17. The van der Waals surface area contributed by atoms with Gasteiger partial charge in [0.15, 0.2) is 6.17 Å². The summed E-state index contributed by atoms with van der Waals surface area (Å²) in [6.45, 7) is 2.06. The van der Waals surface area contributed by atoms with Crippen LogP contribution in [0.25, 0.3) is 0 Å². The van der Waals surface area contributed by atoms with E-state index in [9.17, 15) is 4.79 Å². The molecule has 14 heavy (non-hydrogen) atoms. The summed E-state index contributed by atoms with van der Waals surface area (Å²) >= 11 is 5.44. The van der Waals surface area contributed by atoms with Crippen LogP contribution in [0, 0.1) is 0 Å². The lowest BCUT2D eigenvalue weighted by Crippen LogP contribution is -2.54. The highest BCUT2D eigenvalue weighted by Gasteiger charge is 2.22. The number of rotatable bonds is 5. The van der Waals surface area contributed by atoms with Crippen molar-refractivity contribution in [2.24, 2.45) is 0 Å². The number of nitrogens with zero attached hydrogens (tertiary/aromatic N) is 1. The number of carbonyl (C=O) groups is 1. The molecule has 1 unspecified atom stereocenters. The number of hydrogen-bond acceptors (Lipinski definition) is 1. The van der Waals surface area contributed by atoms with E-state index >= 15 is 0 Å².